The third-order valence-corrected chi connectivity index (χ3v) is 5.44. The van der Waals surface area contributed by atoms with Crippen LogP contribution in [-0.4, -0.2) is 44.7 Å². The number of para-hydroxylation sites is 1. The van der Waals surface area contributed by atoms with Crippen LogP contribution in [0.4, 0.5) is 5.69 Å². The molecule has 1 aliphatic rings. The maximum absolute atomic E-state index is 11.5. The molecule has 1 aliphatic heterocycles. The van der Waals surface area contributed by atoms with Crippen molar-refractivity contribution in [3.63, 3.8) is 0 Å². The van der Waals surface area contributed by atoms with Crippen molar-refractivity contribution in [1.82, 2.24) is 4.90 Å². The first-order valence-electron chi connectivity index (χ1n) is 9.86. The van der Waals surface area contributed by atoms with E-state index in [1.54, 1.807) is 13.2 Å². The highest BCUT2D eigenvalue weighted by Crippen LogP contribution is 2.26. The van der Waals surface area contributed by atoms with E-state index in [4.69, 9.17) is 9.15 Å². The molecule has 28 heavy (non-hydrogen) atoms. The third kappa shape index (κ3) is 4.20. The van der Waals surface area contributed by atoms with Gasteiger partial charge in [-0.05, 0) is 55.3 Å². The van der Waals surface area contributed by atoms with Crippen LogP contribution in [0.2, 0.25) is 0 Å². The topological polar surface area (TPSA) is 45.9 Å². The molecule has 0 bridgehead atoms. The van der Waals surface area contributed by atoms with Gasteiger partial charge in [0.25, 0.3) is 0 Å². The number of hydrogen-bond donors (Lipinski definition) is 0. The van der Waals surface area contributed by atoms with Crippen LogP contribution in [-0.2, 0) is 6.42 Å². The second-order valence-corrected chi connectivity index (χ2v) is 7.22. The summed E-state index contributed by atoms with van der Waals surface area (Å²) in [4.78, 5) is 16.5. The van der Waals surface area contributed by atoms with Crippen LogP contribution in [0.3, 0.4) is 0 Å². The van der Waals surface area contributed by atoms with E-state index >= 15 is 0 Å². The standard InChI is InChI=1S/C23H26N2O3/c1-27-21-16-19-9-10-23(26)28-22(19)17-18(21)6-5-11-24-12-14-25(15-13-24)20-7-3-2-4-8-20/h2-4,7-10,16-17H,5-6,11-15H2,1H3. The summed E-state index contributed by atoms with van der Waals surface area (Å²) in [6, 6.07) is 17.7. The van der Waals surface area contributed by atoms with Crippen molar-refractivity contribution >= 4 is 16.7 Å². The summed E-state index contributed by atoms with van der Waals surface area (Å²) in [6.07, 6.45) is 1.95. The van der Waals surface area contributed by atoms with Crippen LogP contribution in [0.1, 0.15) is 12.0 Å². The Morgan fingerprint density at radius 1 is 1.00 bits per heavy atom. The van der Waals surface area contributed by atoms with Crippen LogP contribution in [0, 0.1) is 0 Å². The van der Waals surface area contributed by atoms with Crippen LogP contribution >= 0.6 is 0 Å². The molecule has 1 aromatic heterocycles. The molecule has 0 unspecified atom stereocenters. The minimum Gasteiger partial charge on any atom is -0.496 e. The molecule has 0 saturated carbocycles. The summed E-state index contributed by atoms with van der Waals surface area (Å²) in [5.74, 6) is 0.857. The van der Waals surface area contributed by atoms with Gasteiger partial charge in [-0.3, -0.25) is 4.90 Å². The van der Waals surface area contributed by atoms with Crippen molar-refractivity contribution in [3.05, 3.63) is 70.6 Å². The molecule has 5 heteroatoms. The van der Waals surface area contributed by atoms with Crippen molar-refractivity contribution in [2.24, 2.45) is 0 Å². The van der Waals surface area contributed by atoms with E-state index < -0.39 is 0 Å². The van der Waals surface area contributed by atoms with Crippen molar-refractivity contribution in [1.29, 1.82) is 0 Å². The lowest BCUT2D eigenvalue weighted by Crippen LogP contribution is -2.46. The van der Waals surface area contributed by atoms with E-state index in [0.717, 1.165) is 62.3 Å². The van der Waals surface area contributed by atoms with Gasteiger partial charge in [0.15, 0.2) is 0 Å². The van der Waals surface area contributed by atoms with Gasteiger partial charge in [0.2, 0.25) is 0 Å². The molecule has 0 aliphatic carbocycles. The summed E-state index contributed by atoms with van der Waals surface area (Å²) in [7, 11) is 1.69. The van der Waals surface area contributed by atoms with E-state index in [9.17, 15) is 4.79 Å². The number of methoxy groups -OCH3 is 1. The average Bonchev–Trinajstić information content (AvgIpc) is 2.74. The molecular formula is C23H26N2O3. The van der Waals surface area contributed by atoms with Crippen molar-refractivity contribution in [2.75, 3.05) is 44.7 Å². The lowest BCUT2D eigenvalue weighted by atomic mass is 10.1. The second-order valence-electron chi connectivity index (χ2n) is 7.22. The maximum atomic E-state index is 11.5. The Hall–Kier alpha value is -2.79. The van der Waals surface area contributed by atoms with Crippen molar-refractivity contribution in [2.45, 2.75) is 12.8 Å². The molecule has 5 nitrogen and oxygen atoms in total. The Labute approximate surface area is 165 Å². The fraction of sp³-hybridized carbons (Fsp3) is 0.348. The maximum Gasteiger partial charge on any atom is 0.336 e. The number of anilines is 1. The third-order valence-electron chi connectivity index (χ3n) is 5.44. The lowest BCUT2D eigenvalue weighted by molar-refractivity contribution is 0.254. The Bertz CT molecular complexity index is 976. The zero-order valence-electron chi connectivity index (χ0n) is 16.3. The van der Waals surface area contributed by atoms with Gasteiger partial charge in [0, 0.05) is 43.3 Å². The first-order chi connectivity index (χ1) is 13.7. The van der Waals surface area contributed by atoms with Gasteiger partial charge < -0.3 is 14.1 Å². The van der Waals surface area contributed by atoms with E-state index in [2.05, 4.69) is 40.1 Å². The molecule has 0 amide bonds. The summed E-state index contributed by atoms with van der Waals surface area (Å²) < 4.78 is 10.9. The molecule has 0 spiro atoms. The first kappa shape index (κ1) is 18.6. The Kier molecular flexibility index (Phi) is 5.63. The van der Waals surface area contributed by atoms with E-state index in [-0.39, 0.29) is 5.63 Å². The number of fused-ring (bicyclic) bond motifs is 1. The van der Waals surface area contributed by atoms with Gasteiger partial charge in [0.05, 0.1) is 7.11 Å². The summed E-state index contributed by atoms with van der Waals surface area (Å²) in [5.41, 5.74) is 2.71. The fourth-order valence-corrected chi connectivity index (χ4v) is 3.88. The zero-order chi connectivity index (χ0) is 19.3. The van der Waals surface area contributed by atoms with Gasteiger partial charge in [0.1, 0.15) is 11.3 Å². The molecule has 1 fully saturated rings. The summed E-state index contributed by atoms with van der Waals surface area (Å²) in [6.45, 7) is 5.35. The SMILES string of the molecule is COc1cc2ccc(=O)oc2cc1CCCN1CCN(c2ccccc2)CC1. The van der Waals surface area contributed by atoms with E-state index in [1.165, 1.54) is 11.8 Å². The quantitative estimate of drug-likeness (QED) is 0.614. The highest BCUT2D eigenvalue weighted by Gasteiger charge is 2.17. The molecule has 2 heterocycles. The molecule has 1 saturated heterocycles. The molecular weight excluding hydrogens is 352 g/mol. The normalized spacial score (nSPS) is 15.1. The minimum absolute atomic E-state index is 0.320. The van der Waals surface area contributed by atoms with Gasteiger partial charge in [-0.25, -0.2) is 4.79 Å². The lowest BCUT2D eigenvalue weighted by Gasteiger charge is -2.36. The van der Waals surface area contributed by atoms with Crippen LogP contribution in [0.5, 0.6) is 5.75 Å². The minimum atomic E-state index is -0.320. The van der Waals surface area contributed by atoms with E-state index in [0.29, 0.717) is 5.58 Å². The monoisotopic (exact) mass is 378 g/mol. The Balaban J connectivity index is 1.33. The second kappa shape index (κ2) is 8.48. The molecule has 3 aromatic rings. The van der Waals surface area contributed by atoms with E-state index in [1.807, 2.05) is 12.1 Å². The van der Waals surface area contributed by atoms with Crippen molar-refractivity contribution < 1.29 is 9.15 Å². The number of rotatable bonds is 6. The molecule has 4 rings (SSSR count). The Morgan fingerprint density at radius 3 is 2.54 bits per heavy atom. The Morgan fingerprint density at radius 2 is 1.79 bits per heavy atom. The predicted molar refractivity (Wildman–Crippen MR) is 112 cm³/mol. The molecule has 146 valence electrons. The van der Waals surface area contributed by atoms with Crippen LogP contribution < -0.4 is 15.3 Å². The number of hydrogen-bond acceptors (Lipinski definition) is 5. The number of aryl methyl sites for hydroxylation is 1. The number of nitrogens with zero attached hydrogens (tertiary/aromatic N) is 2. The van der Waals surface area contributed by atoms with Gasteiger partial charge >= 0.3 is 5.63 Å². The highest BCUT2D eigenvalue weighted by molar-refractivity contribution is 5.79. The van der Waals surface area contributed by atoms with Crippen LogP contribution in [0.25, 0.3) is 11.0 Å². The van der Waals surface area contributed by atoms with Gasteiger partial charge in [-0.1, -0.05) is 18.2 Å². The predicted octanol–water partition coefficient (Wildman–Crippen LogP) is 3.56. The molecule has 2 aromatic carbocycles. The van der Waals surface area contributed by atoms with Gasteiger partial charge in [-0.15, -0.1) is 0 Å². The number of ether oxygens (including phenoxy) is 1. The number of piperazine rings is 1. The summed E-state index contributed by atoms with van der Waals surface area (Å²) >= 11 is 0. The first-order valence-corrected chi connectivity index (χ1v) is 9.86. The zero-order valence-corrected chi connectivity index (χ0v) is 16.3. The molecule has 0 radical (unpaired) electrons. The number of benzene rings is 2. The average molecular weight is 378 g/mol. The molecule has 0 atom stereocenters. The van der Waals surface area contributed by atoms with Crippen LogP contribution in [0.15, 0.2) is 63.8 Å². The highest BCUT2D eigenvalue weighted by atomic mass is 16.5. The smallest absolute Gasteiger partial charge is 0.336 e. The summed E-state index contributed by atoms with van der Waals surface area (Å²) in [5, 5.41) is 0.886. The van der Waals surface area contributed by atoms with Crippen molar-refractivity contribution in [3.8, 4) is 5.75 Å². The van der Waals surface area contributed by atoms with Gasteiger partial charge in [-0.2, -0.15) is 0 Å². The largest absolute Gasteiger partial charge is 0.496 e. The fourth-order valence-electron chi connectivity index (χ4n) is 3.88. The molecule has 0 N–H and O–H groups in total.